The van der Waals surface area contributed by atoms with Gasteiger partial charge < -0.3 is 10.2 Å². The van der Waals surface area contributed by atoms with E-state index < -0.39 is 12.7 Å². The van der Waals surface area contributed by atoms with Crippen LogP contribution >= 0.6 is 0 Å². The number of halogens is 3. The summed E-state index contributed by atoms with van der Waals surface area (Å²) in [6.07, 6.45) is 3.69. The fourth-order valence-electron chi connectivity index (χ4n) is 3.25. The molecule has 1 saturated heterocycles. The number of urea groups is 1. The van der Waals surface area contributed by atoms with Gasteiger partial charge in [-0.1, -0.05) is 6.42 Å². The maximum atomic E-state index is 12.3. The van der Waals surface area contributed by atoms with E-state index in [9.17, 15) is 18.0 Å². The van der Waals surface area contributed by atoms with Crippen molar-refractivity contribution in [1.29, 1.82) is 0 Å². The van der Waals surface area contributed by atoms with Crippen LogP contribution in [-0.4, -0.2) is 39.5 Å². The van der Waals surface area contributed by atoms with E-state index in [1.165, 1.54) is 18.8 Å². The van der Waals surface area contributed by atoms with Crippen LogP contribution in [0.25, 0.3) is 0 Å². The summed E-state index contributed by atoms with van der Waals surface area (Å²) < 4.78 is 37.6. The van der Waals surface area contributed by atoms with Gasteiger partial charge in [0.15, 0.2) is 0 Å². The summed E-state index contributed by atoms with van der Waals surface area (Å²) in [4.78, 5) is 14.1. The topological polar surface area (TPSA) is 50.2 Å². The quantitative estimate of drug-likeness (QED) is 0.930. The van der Waals surface area contributed by atoms with Gasteiger partial charge >= 0.3 is 12.2 Å². The highest BCUT2D eigenvalue weighted by Gasteiger charge is 2.37. The molecule has 0 radical (unpaired) electrons. The Morgan fingerprint density at radius 1 is 1.32 bits per heavy atom. The number of carbonyl (C=O) groups excluding carboxylic acids is 1. The van der Waals surface area contributed by atoms with Crippen LogP contribution in [0.2, 0.25) is 0 Å². The Morgan fingerprint density at radius 2 is 2.09 bits per heavy atom. The molecule has 0 bridgehead atoms. The minimum atomic E-state index is -4.32. The van der Waals surface area contributed by atoms with Crippen molar-refractivity contribution in [3.63, 3.8) is 0 Å². The zero-order valence-electron chi connectivity index (χ0n) is 12.1. The molecule has 1 aromatic rings. The van der Waals surface area contributed by atoms with Gasteiger partial charge in [-0.2, -0.15) is 18.3 Å². The van der Waals surface area contributed by atoms with Crippen molar-refractivity contribution in [2.45, 2.75) is 50.9 Å². The molecule has 5 nitrogen and oxygen atoms in total. The van der Waals surface area contributed by atoms with Crippen molar-refractivity contribution in [3.8, 4) is 0 Å². The molecular weight excluding hydrogens is 297 g/mol. The molecule has 8 heteroatoms. The van der Waals surface area contributed by atoms with Crippen LogP contribution < -0.4 is 5.32 Å². The molecule has 0 spiro atoms. The normalized spacial score (nSPS) is 22.7. The maximum Gasteiger partial charge on any atom is 0.408 e. The Morgan fingerprint density at radius 3 is 2.73 bits per heavy atom. The summed E-state index contributed by atoms with van der Waals surface area (Å²) in [6.45, 7) is -0.443. The first-order valence-electron chi connectivity index (χ1n) is 7.59. The monoisotopic (exact) mass is 316 g/mol. The molecule has 1 aliphatic heterocycles. The number of anilines is 1. The van der Waals surface area contributed by atoms with Gasteiger partial charge in [-0.25, -0.2) is 4.79 Å². The number of aromatic nitrogens is 2. The lowest BCUT2D eigenvalue weighted by molar-refractivity contribution is -0.142. The predicted octanol–water partition coefficient (Wildman–Crippen LogP) is 3.24. The fraction of sp³-hybridized carbons (Fsp3) is 0.714. The van der Waals surface area contributed by atoms with E-state index in [4.69, 9.17) is 0 Å². The minimum Gasteiger partial charge on any atom is -0.321 e. The van der Waals surface area contributed by atoms with Crippen LogP contribution in [0.15, 0.2) is 12.4 Å². The first kappa shape index (κ1) is 15.2. The third-order valence-electron chi connectivity index (χ3n) is 4.48. The Bertz CT molecular complexity index is 538. The Balaban J connectivity index is 1.59. The van der Waals surface area contributed by atoms with E-state index in [0.717, 1.165) is 30.4 Å². The number of alkyl halides is 3. The Kier molecular flexibility index (Phi) is 4.01. The molecule has 1 atom stereocenters. The molecule has 3 rings (SSSR count). The van der Waals surface area contributed by atoms with Gasteiger partial charge in [-0.05, 0) is 31.6 Å². The summed E-state index contributed by atoms with van der Waals surface area (Å²) >= 11 is 0. The number of nitrogens with one attached hydrogen (secondary N) is 1. The number of rotatable bonds is 3. The van der Waals surface area contributed by atoms with Crippen LogP contribution in [0, 0.1) is 5.92 Å². The van der Waals surface area contributed by atoms with Crippen molar-refractivity contribution >= 4 is 11.7 Å². The number of likely N-dealkylation sites (tertiary alicyclic amines) is 1. The van der Waals surface area contributed by atoms with Crippen LogP contribution in [0.3, 0.4) is 0 Å². The average molecular weight is 316 g/mol. The molecule has 0 aromatic carbocycles. The van der Waals surface area contributed by atoms with Gasteiger partial charge in [-0.3, -0.25) is 4.68 Å². The molecule has 1 saturated carbocycles. The average Bonchev–Trinajstić information content (AvgIpc) is 2.94. The lowest BCUT2D eigenvalue weighted by atomic mass is 9.79. The van der Waals surface area contributed by atoms with Crippen molar-refractivity contribution < 1.29 is 18.0 Å². The molecule has 1 aliphatic carbocycles. The summed E-state index contributed by atoms with van der Waals surface area (Å²) in [6, 6.07) is 0.0416. The van der Waals surface area contributed by atoms with E-state index in [1.54, 1.807) is 0 Å². The highest BCUT2D eigenvalue weighted by Crippen LogP contribution is 2.37. The third-order valence-corrected chi connectivity index (χ3v) is 4.48. The molecule has 122 valence electrons. The van der Waals surface area contributed by atoms with Gasteiger partial charge in [0.05, 0.1) is 11.9 Å². The third kappa shape index (κ3) is 3.36. The van der Waals surface area contributed by atoms with Gasteiger partial charge in [-0.15, -0.1) is 0 Å². The van der Waals surface area contributed by atoms with Gasteiger partial charge in [0.2, 0.25) is 0 Å². The van der Waals surface area contributed by atoms with E-state index in [1.807, 2.05) is 4.90 Å². The number of hydrogen-bond donors (Lipinski definition) is 1. The second-order valence-corrected chi connectivity index (χ2v) is 6.07. The molecule has 0 unspecified atom stereocenters. The van der Waals surface area contributed by atoms with Gasteiger partial charge in [0.1, 0.15) is 6.54 Å². The maximum absolute atomic E-state index is 12.3. The van der Waals surface area contributed by atoms with Gasteiger partial charge in [0, 0.05) is 18.8 Å². The SMILES string of the molecule is O=C(Nc1cnn(CC(F)(F)F)c1)N1CCC[C@H]1C1CCC1. The minimum absolute atomic E-state index is 0.235. The lowest BCUT2D eigenvalue weighted by Crippen LogP contribution is -2.44. The largest absolute Gasteiger partial charge is 0.408 e. The molecule has 1 aromatic heterocycles. The van der Waals surface area contributed by atoms with Crippen LogP contribution in [0.5, 0.6) is 0 Å². The Labute approximate surface area is 126 Å². The van der Waals surface area contributed by atoms with Crippen LogP contribution in [-0.2, 0) is 6.54 Å². The van der Waals surface area contributed by atoms with Gasteiger partial charge in [0.25, 0.3) is 0 Å². The molecule has 2 fully saturated rings. The summed E-state index contributed by atoms with van der Waals surface area (Å²) in [5.74, 6) is 0.584. The molecule has 2 aliphatic rings. The highest BCUT2D eigenvalue weighted by molar-refractivity contribution is 5.89. The highest BCUT2D eigenvalue weighted by atomic mass is 19.4. The van der Waals surface area contributed by atoms with Crippen LogP contribution in [0.4, 0.5) is 23.7 Å². The smallest absolute Gasteiger partial charge is 0.321 e. The number of nitrogens with zero attached hydrogens (tertiary/aromatic N) is 3. The van der Waals surface area contributed by atoms with Crippen molar-refractivity contribution in [2.24, 2.45) is 5.92 Å². The zero-order chi connectivity index (χ0) is 15.7. The molecule has 2 amide bonds. The molecule has 1 N–H and O–H groups in total. The van der Waals surface area contributed by atoms with E-state index >= 15 is 0 Å². The first-order chi connectivity index (χ1) is 10.4. The summed E-state index contributed by atoms with van der Waals surface area (Å²) in [5.41, 5.74) is 0.300. The predicted molar refractivity (Wildman–Crippen MR) is 74.4 cm³/mol. The lowest BCUT2D eigenvalue weighted by Gasteiger charge is -2.36. The molecule has 2 heterocycles. The first-order valence-corrected chi connectivity index (χ1v) is 7.59. The molecule has 22 heavy (non-hydrogen) atoms. The number of carbonyl (C=O) groups is 1. The molecular formula is C14H19F3N4O. The second-order valence-electron chi connectivity index (χ2n) is 6.07. The van der Waals surface area contributed by atoms with Crippen molar-refractivity contribution in [1.82, 2.24) is 14.7 Å². The summed E-state index contributed by atoms with van der Waals surface area (Å²) in [7, 11) is 0. The van der Waals surface area contributed by atoms with E-state index in [0.29, 0.717) is 18.2 Å². The number of amides is 2. The zero-order valence-corrected chi connectivity index (χ0v) is 12.1. The van der Waals surface area contributed by atoms with E-state index in [-0.39, 0.29) is 12.1 Å². The van der Waals surface area contributed by atoms with Crippen molar-refractivity contribution in [3.05, 3.63) is 12.4 Å². The summed E-state index contributed by atoms with van der Waals surface area (Å²) in [5, 5.41) is 6.29. The number of hydrogen-bond acceptors (Lipinski definition) is 2. The Hall–Kier alpha value is -1.73. The van der Waals surface area contributed by atoms with Crippen molar-refractivity contribution in [2.75, 3.05) is 11.9 Å². The van der Waals surface area contributed by atoms with E-state index in [2.05, 4.69) is 10.4 Å². The standard InChI is InChI=1S/C14H19F3N4O/c15-14(16,17)9-20-8-11(7-18-20)19-13(22)21-6-2-5-12(21)10-3-1-4-10/h7-8,10,12H,1-6,9H2,(H,19,22)/t12-/m0/s1. The van der Waals surface area contributed by atoms with Crippen LogP contribution in [0.1, 0.15) is 32.1 Å². The fourth-order valence-corrected chi connectivity index (χ4v) is 3.25. The second kappa shape index (κ2) is 5.81.